The predicted octanol–water partition coefficient (Wildman–Crippen LogP) is 3.96. The van der Waals surface area contributed by atoms with E-state index < -0.39 is 0 Å². The largest absolute Gasteiger partial charge is 0.393 e. The molecule has 0 aromatic heterocycles. The molecule has 3 heteroatoms. The van der Waals surface area contributed by atoms with Crippen LogP contribution in [-0.4, -0.2) is 35.7 Å². The van der Waals surface area contributed by atoms with E-state index in [1.165, 1.54) is 11.1 Å². The topological polar surface area (TPSA) is 49.5 Å². The number of aliphatic hydroxyl groups is 1. The monoisotopic (exact) mass is 378 g/mol. The molecule has 2 aromatic carbocycles. The van der Waals surface area contributed by atoms with Crippen molar-refractivity contribution in [2.45, 2.75) is 50.2 Å². The number of benzene rings is 2. The molecule has 0 amide bonds. The maximum Gasteiger partial charge on any atom is 0.0577 e. The van der Waals surface area contributed by atoms with Crippen molar-refractivity contribution in [1.29, 1.82) is 0 Å². The summed E-state index contributed by atoms with van der Waals surface area (Å²) < 4.78 is 0. The molecule has 3 N–H and O–H groups in total. The standard InChI is InChI=1S/C25H34N2O/c26-19-25(21-10-5-2-6-11-21,23-12-7-13-24(23)28)22-14-16-27(17-15-22)18-20-8-3-1-4-9-20/h1-6,8-11,22-24,28H,7,12-19,26H2/t23-,24-,25?/m1/s1. The van der Waals surface area contributed by atoms with Crippen LogP contribution in [0.5, 0.6) is 0 Å². The van der Waals surface area contributed by atoms with Crippen LogP contribution >= 0.6 is 0 Å². The molecular formula is C25H34N2O. The summed E-state index contributed by atoms with van der Waals surface area (Å²) in [7, 11) is 0. The van der Waals surface area contributed by atoms with Gasteiger partial charge in [0.15, 0.2) is 0 Å². The maximum atomic E-state index is 10.8. The fourth-order valence-corrected chi connectivity index (χ4v) is 5.93. The Labute approximate surface area is 169 Å². The highest BCUT2D eigenvalue weighted by Crippen LogP contribution is 2.49. The summed E-state index contributed by atoms with van der Waals surface area (Å²) >= 11 is 0. The van der Waals surface area contributed by atoms with E-state index >= 15 is 0 Å². The van der Waals surface area contributed by atoms with Gasteiger partial charge in [0.25, 0.3) is 0 Å². The molecule has 3 nitrogen and oxygen atoms in total. The van der Waals surface area contributed by atoms with E-state index in [2.05, 4.69) is 65.6 Å². The van der Waals surface area contributed by atoms with E-state index in [1.54, 1.807) is 0 Å². The van der Waals surface area contributed by atoms with Crippen LogP contribution in [0, 0.1) is 11.8 Å². The first-order valence-corrected chi connectivity index (χ1v) is 10.9. The maximum absolute atomic E-state index is 10.8. The summed E-state index contributed by atoms with van der Waals surface area (Å²) in [6.07, 6.45) is 5.23. The Balaban J connectivity index is 1.55. The fourth-order valence-electron chi connectivity index (χ4n) is 5.93. The first-order chi connectivity index (χ1) is 13.7. The summed E-state index contributed by atoms with van der Waals surface area (Å²) in [4.78, 5) is 2.57. The van der Waals surface area contributed by atoms with Gasteiger partial charge in [-0.15, -0.1) is 0 Å². The van der Waals surface area contributed by atoms with Crippen molar-refractivity contribution in [3.8, 4) is 0 Å². The fraction of sp³-hybridized carbons (Fsp3) is 0.520. The van der Waals surface area contributed by atoms with Gasteiger partial charge < -0.3 is 10.8 Å². The Hall–Kier alpha value is -1.68. The summed E-state index contributed by atoms with van der Waals surface area (Å²) in [5.41, 5.74) is 9.17. The molecule has 4 rings (SSSR count). The number of rotatable bonds is 6. The molecule has 0 radical (unpaired) electrons. The molecule has 150 valence electrons. The molecule has 0 spiro atoms. The zero-order chi connectivity index (χ0) is 19.4. The number of nitrogens with zero attached hydrogens (tertiary/aromatic N) is 1. The van der Waals surface area contributed by atoms with Gasteiger partial charge in [-0.05, 0) is 61.7 Å². The Bertz CT molecular complexity index is 727. The third-order valence-electron chi connectivity index (χ3n) is 7.36. The molecule has 1 aliphatic heterocycles. The molecule has 2 aliphatic rings. The second kappa shape index (κ2) is 8.77. The summed E-state index contributed by atoms with van der Waals surface area (Å²) in [5, 5.41) is 10.8. The minimum atomic E-state index is -0.217. The molecule has 2 aromatic rings. The number of hydrogen-bond donors (Lipinski definition) is 2. The quantitative estimate of drug-likeness (QED) is 0.800. The minimum absolute atomic E-state index is 0.101. The Kier molecular flexibility index (Phi) is 6.15. The number of likely N-dealkylation sites (tertiary alicyclic amines) is 1. The van der Waals surface area contributed by atoms with Crippen molar-refractivity contribution in [2.75, 3.05) is 19.6 Å². The molecule has 1 aliphatic carbocycles. The SMILES string of the molecule is NCC(c1ccccc1)(C1CCN(Cc2ccccc2)CC1)[C@@H]1CCC[C@H]1O. The molecule has 28 heavy (non-hydrogen) atoms. The van der Waals surface area contributed by atoms with Gasteiger partial charge in [0.1, 0.15) is 0 Å². The van der Waals surface area contributed by atoms with E-state index in [9.17, 15) is 5.11 Å². The zero-order valence-corrected chi connectivity index (χ0v) is 16.8. The summed E-state index contributed by atoms with van der Waals surface area (Å²) in [6.45, 7) is 3.87. The number of piperidine rings is 1. The van der Waals surface area contributed by atoms with E-state index in [-0.39, 0.29) is 17.4 Å². The van der Waals surface area contributed by atoms with Crippen molar-refractivity contribution >= 4 is 0 Å². The normalized spacial score (nSPS) is 26.2. The van der Waals surface area contributed by atoms with Gasteiger partial charge in [0, 0.05) is 18.5 Å². The third-order valence-corrected chi connectivity index (χ3v) is 7.36. The highest BCUT2D eigenvalue weighted by atomic mass is 16.3. The number of aliphatic hydroxyl groups excluding tert-OH is 1. The molecular weight excluding hydrogens is 344 g/mol. The van der Waals surface area contributed by atoms with Gasteiger partial charge in [0.2, 0.25) is 0 Å². The molecule has 1 unspecified atom stereocenters. The van der Waals surface area contributed by atoms with Crippen LogP contribution in [0.1, 0.15) is 43.2 Å². The van der Waals surface area contributed by atoms with Crippen molar-refractivity contribution in [1.82, 2.24) is 4.90 Å². The Morgan fingerprint density at radius 2 is 1.54 bits per heavy atom. The average Bonchev–Trinajstić information content (AvgIpc) is 3.18. The van der Waals surface area contributed by atoms with Crippen LogP contribution in [0.3, 0.4) is 0 Å². The summed E-state index contributed by atoms with van der Waals surface area (Å²) in [5.74, 6) is 0.815. The lowest BCUT2D eigenvalue weighted by Gasteiger charge is -2.49. The zero-order valence-electron chi connectivity index (χ0n) is 16.8. The van der Waals surface area contributed by atoms with E-state index in [0.29, 0.717) is 12.5 Å². The first-order valence-electron chi connectivity index (χ1n) is 10.9. The first kappa shape index (κ1) is 19.6. The third kappa shape index (κ3) is 3.76. The van der Waals surface area contributed by atoms with Crippen LogP contribution in [0.25, 0.3) is 0 Å². The van der Waals surface area contributed by atoms with Crippen LogP contribution in [0.15, 0.2) is 60.7 Å². The Morgan fingerprint density at radius 3 is 2.11 bits per heavy atom. The smallest absolute Gasteiger partial charge is 0.0577 e. The van der Waals surface area contributed by atoms with Crippen LogP contribution in [-0.2, 0) is 12.0 Å². The second-order valence-corrected chi connectivity index (χ2v) is 8.75. The average molecular weight is 379 g/mol. The lowest BCUT2D eigenvalue weighted by atomic mass is 9.58. The molecule has 1 saturated carbocycles. The minimum Gasteiger partial charge on any atom is -0.393 e. The number of hydrogen-bond acceptors (Lipinski definition) is 3. The van der Waals surface area contributed by atoms with Gasteiger partial charge in [-0.3, -0.25) is 4.90 Å². The molecule has 1 heterocycles. The lowest BCUT2D eigenvalue weighted by molar-refractivity contribution is 0.0278. The van der Waals surface area contributed by atoms with Crippen molar-refractivity contribution in [2.24, 2.45) is 17.6 Å². The second-order valence-electron chi connectivity index (χ2n) is 8.75. The van der Waals surface area contributed by atoms with E-state index in [0.717, 1.165) is 51.7 Å². The predicted molar refractivity (Wildman–Crippen MR) is 115 cm³/mol. The van der Waals surface area contributed by atoms with E-state index in [4.69, 9.17) is 5.73 Å². The van der Waals surface area contributed by atoms with E-state index in [1.807, 2.05) is 0 Å². The Morgan fingerprint density at radius 1 is 0.893 bits per heavy atom. The summed E-state index contributed by atoms with van der Waals surface area (Å²) in [6, 6.07) is 21.6. The van der Waals surface area contributed by atoms with Gasteiger partial charge in [-0.2, -0.15) is 0 Å². The molecule has 0 bridgehead atoms. The lowest BCUT2D eigenvalue weighted by Crippen LogP contribution is -2.53. The van der Waals surface area contributed by atoms with Crippen molar-refractivity contribution in [3.05, 3.63) is 71.8 Å². The highest BCUT2D eigenvalue weighted by molar-refractivity contribution is 5.30. The molecule has 3 atom stereocenters. The van der Waals surface area contributed by atoms with Gasteiger partial charge in [-0.25, -0.2) is 0 Å². The van der Waals surface area contributed by atoms with Crippen LogP contribution in [0.4, 0.5) is 0 Å². The van der Waals surface area contributed by atoms with Gasteiger partial charge >= 0.3 is 0 Å². The number of nitrogens with two attached hydrogens (primary N) is 1. The van der Waals surface area contributed by atoms with Crippen molar-refractivity contribution < 1.29 is 5.11 Å². The van der Waals surface area contributed by atoms with Gasteiger partial charge in [-0.1, -0.05) is 67.1 Å². The van der Waals surface area contributed by atoms with Crippen molar-refractivity contribution in [3.63, 3.8) is 0 Å². The van der Waals surface area contributed by atoms with Crippen LogP contribution in [0.2, 0.25) is 0 Å². The molecule has 1 saturated heterocycles. The highest BCUT2D eigenvalue weighted by Gasteiger charge is 2.50. The van der Waals surface area contributed by atoms with Gasteiger partial charge in [0.05, 0.1) is 6.10 Å². The van der Waals surface area contributed by atoms with Crippen LogP contribution < -0.4 is 5.73 Å². The molecule has 2 fully saturated rings.